The van der Waals surface area contributed by atoms with E-state index in [1.54, 1.807) is 0 Å². The van der Waals surface area contributed by atoms with Gasteiger partial charge in [0.2, 0.25) is 0 Å². The van der Waals surface area contributed by atoms with Gasteiger partial charge in [0.15, 0.2) is 0 Å². The molecule has 1 aromatic rings. The van der Waals surface area contributed by atoms with Gasteiger partial charge in [-0.2, -0.15) is 0 Å². The number of carbonyl (C=O) groups is 1. The standard InChI is InChI=1S/C16H25N3O/c1-11(2)13(4)19(15-8-9-15)16(20)17-10-14-7-5-6-12(3)18-14/h5-7,11,13,15H,8-10H2,1-4H3,(H,17,20)/t13-/m0/s1. The van der Waals surface area contributed by atoms with Crippen LogP contribution in [0.15, 0.2) is 18.2 Å². The number of nitrogens with one attached hydrogen (secondary N) is 1. The van der Waals surface area contributed by atoms with Crippen LogP contribution in [0.25, 0.3) is 0 Å². The molecule has 1 aliphatic rings. The number of nitrogens with zero attached hydrogens (tertiary/aromatic N) is 2. The minimum atomic E-state index is 0.0389. The van der Waals surface area contributed by atoms with Crippen molar-refractivity contribution in [1.29, 1.82) is 0 Å². The molecule has 2 rings (SSSR count). The molecule has 0 radical (unpaired) electrons. The topological polar surface area (TPSA) is 45.2 Å². The zero-order valence-corrected chi connectivity index (χ0v) is 12.9. The summed E-state index contributed by atoms with van der Waals surface area (Å²) >= 11 is 0. The van der Waals surface area contributed by atoms with E-state index in [-0.39, 0.29) is 12.1 Å². The summed E-state index contributed by atoms with van der Waals surface area (Å²) in [6.45, 7) is 8.91. The Morgan fingerprint density at radius 1 is 1.40 bits per heavy atom. The molecule has 0 spiro atoms. The number of aromatic nitrogens is 1. The summed E-state index contributed by atoms with van der Waals surface area (Å²) in [5, 5.41) is 3.01. The van der Waals surface area contributed by atoms with Crippen molar-refractivity contribution in [1.82, 2.24) is 15.2 Å². The van der Waals surface area contributed by atoms with Crippen LogP contribution >= 0.6 is 0 Å². The number of aryl methyl sites for hydroxylation is 1. The van der Waals surface area contributed by atoms with Crippen LogP contribution in [0.1, 0.15) is 45.0 Å². The highest BCUT2D eigenvalue weighted by Crippen LogP contribution is 2.30. The van der Waals surface area contributed by atoms with Crippen molar-refractivity contribution in [3.05, 3.63) is 29.6 Å². The predicted molar refractivity (Wildman–Crippen MR) is 80.4 cm³/mol. The van der Waals surface area contributed by atoms with Gasteiger partial charge in [0.1, 0.15) is 0 Å². The summed E-state index contributed by atoms with van der Waals surface area (Å²) < 4.78 is 0. The van der Waals surface area contributed by atoms with Crippen molar-refractivity contribution in [2.75, 3.05) is 0 Å². The fourth-order valence-electron chi connectivity index (χ4n) is 2.31. The van der Waals surface area contributed by atoms with Crippen molar-refractivity contribution in [2.45, 2.75) is 59.2 Å². The maximum atomic E-state index is 12.4. The second kappa shape index (κ2) is 6.25. The van der Waals surface area contributed by atoms with Gasteiger partial charge in [-0.25, -0.2) is 4.79 Å². The van der Waals surface area contributed by atoms with E-state index in [0.29, 0.717) is 18.5 Å². The highest BCUT2D eigenvalue weighted by atomic mass is 16.2. The number of carbonyl (C=O) groups excluding carboxylic acids is 1. The summed E-state index contributed by atoms with van der Waals surface area (Å²) in [6, 6.07) is 6.62. The number of urea groups is 1. The van der Waals surface area contributed by atoms with Crippen molar-refractivity contribution >= 4 is 6.03 Å². The Hall–Kier alpha value is -1.58. The van der Waals surface area contributed by atoms with E-state index < -0.39 is 0 Å². The Bertz CT molecular complexity index is 469. The molecule has 0 aromatic carbocycles. The third-order valence-electron chi connectivity index (χ3n) is 3.95. The summed E-state index contributed by atoms with van der Waals surface area (Å²) in [7, 11) is 0. The van der Waals surface area contributed by atoms with Gasteiger partial charge in [0.25, 0.3) is 0 Å². The fraction of sp³-hybridized carbons (Fsp3) is 0.625. The normalized spacial score (nSPS) is 16.1. The van der Waals surface area contributed by atoms with E-state index in [0.717, 1.165) is 24.2 Å². The van der Waals surface area contributed by atoms with Gasteiger partial charge in [-0.05, 0) is 44.7 Å². The highest BCUT2D eigenvalue weighted by Gasteiger charge is 2.36. The lowest BCUT2D eigenvalue weighted by atomic mass is 10.0. The lowest BCUT2D eigenvalue weighted by Gasteiger charge is -2.32. The van der Waals surface area contributed by atoms with Crippen LogP contribution in [-0.4, -0.2) is 28.0 Å². The molecule has 0 saturated heterocycles. The summed E-state index contributed by atoms with van der Waals surface area (Å²) in [5.74, 6) is 0.471. The van der Waals surface area contributed by atoms with E-state index in [1.165, 1.54) is 0 Å². The molecular weight excluding hydrogens is 250 g/mol. The smallest absolute Gasteiger partial charge is 0.318 e. The number of rotatable bonds is 5. The molecule has 4 heteroatoms. The van der Waals surface area contributed by atoms with Crippen LogP contribution in [0.2, 0.25) is 0 Å². The minimum absolute atomic E-state index is 0.0389. The molecular formula is C16H25N3O. The maximum absolute atomic E-state index is 12.4. The van der Waals surface area contributed by atoms with Crippen LogP contribution in [0.5, 0.6) is 0 Å². The SMILES string of the molecule is Cc1cccc(CNC(=O)N(C2CC2)[C@@H](C)C(C)C)n1. The first-order valence-corrected chi connectivity index (χ1v) is 7.47. The summed E-state index contributed by atoms with van der Waals surface area (Å²) in [5.41, 5.74) is 1.89. The first kappa shape index (κ1) is 14.8. The van der Waals surface area contributed by atoms with Gasteiger partial charge in [-0.15, -0.1) is 0 Å². The molecule has 0 bridgehead atoms. The number of hydrogen-bond acceptors (Lipinski definition) is 2. The average Bonchev–Trinajstić information content (AvgIpc) is 3.21. The van der Waals surface area contributed by atoms with Gasteiger partial charge < -0.3 is 10.2 Å². The molecule has 1 atom stereocenters. The monoisotopic (exact) mass is 275 g/mol. The molecule has 110 valence electrons. The second-order valence-electron chi connectivity index (χ2n) is 6.05. The van der Waals surface area contributed by atoms with E-state index >= 15 is 0 Å². The molecule has 0 unspecified atom stereocenters. The van der Waals surface area contributed by atoms with Crippen LogP contribution in [0.4, 0.5) is 4.79 Å². The molecule has 1 saturated carbocycles. The molecule has 0 aliphatic heterocycles. The van der Waals surface area contributed by atoms with Crippen LogP contribution in [0, 0.1) is 12.8 Å². The van der Waals surface area contributed by atoms with Crippen LogP contribution < -0.4 is 5.32 Å². The average molecular weight is 275 g/mol. The van der Waals surface area contributed by atoms with E-state index in [2.05, 4.69) is 31.1 Å². The largest absolute Gasteiger partial charge is 0.332 e. The van der Waals surface area contributed by atoms with Gasteiger partial charge in [-0.1, -0.05) is 19.9 Å². The van der Waals surface area contributed by atoms with Crippen LogP contribution in [-0.2, 0) is 6.54 Å². The van der Waals surface area contributed by atoms with Gasteiger partial charge in [-0.3, -0.25) is 4.98 Å². The molecule has 1 fully saturated rings. The molecule has 1 heterocycles. The van der Waals surface area contributed by atoms with Crippen molar-refractivity contribution < 1.29 is 4.79 Å². The molecule has 2 amide bonds. The molecule has 1 aromatic heterocycles. The third kappa shape index (κ3) is 3.71. The lowest BCUT2D eigenvalue weighted by molar-refractivity contribution is 0.156. The Morgan fingerprint density at radius 2 is 2.10 bits per heavy atom. The Morgan fingerprint density at radius 3 is 2.65 bits per heavy atom. The fourth-order valence-corrected chi connectivity index (χ4v) is 2.31. The van der Waals surface area contributed by atoms with Gasteiger partial charge in [0, 0.05) is 17.8 Å². The first-order chi connectivity index (χ1) is 9.49. The quantitative estimate of drug-likeness (QED) is 0.897. The number of pyridine rings is 1. The Kier molecular flexibility index (Phi) is 4.63. The number of amides is 2. The zero-order valence-electron chi connectivity index (χ0n) is 12.9. The summed E-state index contributed by atoms with van der Waals surface area (Å²) in [4.78, 5) is 18.8. The predicted octanol–water partition coefficient (Wildman–Crippen LogP) is 3.11. The van der Waals surface area contributed by atoms with E-state index in [9.17, 15) is 4.79 Å². The first-order valence-electron chi connectivity index (χ1n) is 7.47. The van der Waals surface area contributed by atoms with Crippen molar-refractivity contribution in [3.63, 3.8) is 0 Å². The highest BCUT2D eigenvalue weighted by molar-refractivity contribution is 5.75. The second-order valence-corrected chi connectivity index (χ2v) is 6.05. The number of hydrogen-bond donors (Lipinski definition) is 1. The molecule has 4 nitrogen and oxygen atoms in total. The van der Waals surface area contributed by atoms with Crippen LogP contribution in [0.3, 0.4) is 0 Å². The third-order valence-corrected chi connectivity index (χ3v) is 3.95. The summed E-state index contributed by atoms with van der Waals surface area (Å²) in [6.07, 6.45) is 2.26. The zero-order chi connectivity index (χ0) is 14.7. The molecule has 1 N–H and O–H groups in total. The van der Waals surface area contributed by atoms with E-state index in [4.69, 9.17) is 0 Å². The Labute approximate surface area is 121 Å². The molecule has 20 heavy (non-hydrogen) atoms. The Balaban J connectivity index is 1.95. The minimum Gasteiger partial charge on any atom is -0.332 e. The van der Waals surface area contributed by atoms with Crippen molar-refractivity contribution in [2.24, 2.45) is 5.92 Å². The van der Waals surface area contributed by atoms with Gasteiger partial charge in [0.05, 0.1) is 12.2 Å². The van der Waals surface area contributed by atoms with Gasteiger partial charge >= 0.3 is 6.03 Å². The molecule has 1 aliphatic carbocycles. The lowest BCUT2D eigenvalue weighted by Crippen LogP contribution is -2.48. The maximum Gasteiger partial charge on any atom is 0.318 e. The van der Waals surface area contributed by atoms with Crippen molar-refractivity contribution in [3.8, 4) is 0 Å². The van der Waals surface area contributed by atoms with E-state index in [1.807, 2.05) is 30.0 Å².